The Morgan fingerprint density at radius 1 is 1.10 bits per heavy atom. The predicted molar refractivity (Wildman–Crippen MR) is 118 cm³/mol. The number of carbonyl (C=O) groups excluding carboxylic acids is 1. The molecule has 0 unspecified atom stereocenters. The molecule has 0 aliphatic carbocycles. The third-order valence-corrected chi connectivity index (χ3v) is 5.33. The lowest BCUT2D eigenvalue weighted by molar-refractivity contribution is -0.123. The summed E-state index contributed by atoms with van der Waals surface area (Å²) in [5.41, 5.74) is 6.55. The minimum absolute atomic E-state index is 0.121. The first kappa shape index (κ1) is 20.6. The topological polar surface area (TPSA) is 86.9 Å². The molecule has 160 valence electrons. The maximum atomic E-state index is 12.5. The molecule has 3 heterocycles. The van der Waals surface area contributed by atoms with E-state index in [0.717, 1.165) is 44.9 Å². The number of para-hydroxylation sites is 1. The first-order chi connectivity index (χ1) is 14.8. The number of aryl methyl sites for hydroxylation is 4. The highest BCUT2D eigenvalue weighted by Crippen LogP contribution is 2.27. The van der Waals surface area contributed by atoms with Crippen LogP contribution in [-0.4, -0.2) is 37.1 Å². The Morgan fingerprint density at radius 2 is 1.84 bits per heavy atom. The molecular formula is C23H26N6O2. The van der Waals surface area contributed by atoms with Gasteiger partial charge in [0, 0.05) is 30.5 Å². The third kappa shape index (κ3) is 4.01. The van der Waals surface area contributed by atoms with E-state index in [2.05, 4.69) is 20.5 Å². The number of hydrogen-bond donors (Lipinski definition) is 1. The van der Waals surface area contributed by atoms with Crippen LogP contribution in [0.4, 0.5) is 0 Å². The molecule has 0 atom stereocenters. The summed E-state index contributed by atoms with van der Waals surface area (Å²) >= 11 is 0. The molecule has 8 heteroatoms. The van der Waals surface area contributed by atoms with Crippen LogP contribution in [0.3, 0.4) is 0 Å². The van der Waals surface area contributed by atoms with Crippen molar-refractivity contribution >= 4 is 16.9 Å². The van der Waals surface area contributed by atoms with Crippen molar-refractivity contribution in [2.24, 2.45) is 7.05 Å². The van der Waals surface area contributed by atoms with Crippen LogP contribution in [-0.2, 0) is 18.4 Å². The van der Waals surface area contributed by atoms with Gasteiger partial charge in [-0.15, -0.1) is 5.10 Å². The van der Waals surface area contributed by atoms with Gasteiger partial charge in [-0.3, -0.25) is 4.79 Å². The number of amides is 1. The Kier molecular flexibility index (Phi) is 5.46. The largest absolute Gasteiger partial charge is 0.466 e. The van der Waals surface area contributed by atoms with Crippen LogP contribution >= 0.6 is 0 Å². The van der Waals surface area contributed by atoms with Crippen LogP contribution in [0.1, 0.15) is 28.2 Å². The molecule has 1 N–H and O–H groups in total. The highest BCUT2D eigenvalue weighted by molar-refractivity contribution is 5.85. The number of fused-ring (bicyclic) bond motifs is 1. The highest BCUT2D eigenvalue weighted by Gasteiger charge is 2.17. The first-order valence-electron chi connectivity index (χ1n) is 10.2. The van der Waals surface area contributed by atoms with Gasteiger partial charge in [0.15, 0.2) is 12.3 Å². The van der Waals surface area contributed by atoms with Crippen molar-refractivity contribution in [1.29, 1.82) is 0 Å². The second kappa shape index (κ2) is 8.22. The summed E-state index contributed by atoms with van der Waals surface area (Å²) in [5.74, 6) is 0.199. The van der Waals surface area contributed by atoms with E-state index in [-0.39, 0.29) is 12.5 Å². The fourth-order valence-corrected chi connectivity index (χ4v) is 3.77. The Balaban J connectivity index is 1.43. The lowest BCUT2D eigenvalue weighted by Crippen LogP contribution is -2.29. The molecule has 4 aromatic rings. The number of hydrogen-bond acceptors (Lipinski definition) is 5. The van der Waals surface area contributed by atoms with E-state index in [1.54, 1.807) is 4.68 Å². The van der Waals surface area contributed by atoms with Gasteiger partial charge in [-0.25, -0.2) is 14.3 Å². The van der Waals surface area contributed by atoms with Crippen molar-refractivity contribution < 1.29 is 9.53 Å². The van der Waals surface area contributed by atoms with Gasteiger partial charge in [-0.1, -0.05) is 18.2 Å². The second-order valence-corrected chi connectivity index (χ2v) is 7.67. The number of nitrogens with one attached hydrogen (secondary N) is 1. The molecule has 0 radical (unpaired) electrons. The van der Waals surface area contributed by atoms with E-state index in [1.807, 2.05) is 75.8 Å². The molecule has 0 aliphatic heterocycles. The molecule has 3 aromatic heterocycles. The molecule has 1 amide bonds. The molecular weight excluding hydrogens is 392 g/mol. The van der Waals surface area contributed by atoms with Gasteiger partial charge in [0.1, 0.15) is 0 Å². The van der Waals surface area contributed by atoms with E-state index in [4.69, 9.17) is 4.74 Å². The average Bonchev–Trinajstić information content (AvgIpc) is 3.21. The normalized spacial score (nSPS) is 11.1. The number of nitrogens with zero attached hydrogens (tertiary/aromatic N) is 5. The van der Waals surface area contributed by atoms with Gasteiger partial charge >= 0.3 is 0 Å². The molecule has 0 fully saturated rings. The molecule has 8 nitrogen and oxygen atoms in total. The fraction of sp³-hybridized carbons (Fsp3) is 0.304. The summed E-state index contributed by atoms with van der Waals surface area (Å²) in [6, 6.07) is 11.9. The monoisotopic (exact) mass is 418 g/mol. The maximum Gasteiger partial charge on any atom is 0.258 e. The van der Waals surface area contributed by atoms with Crippen molar-refractivity contribution in [3.63, 3.8) is 0 Å². The van der Waals surface area contributed by atoms with E-state index in [1.165, 1.54) is 0 Å². The van der Waals surface area contributed by atoms with Crippen molar-refractivity contribution in [3.8, 4) is 11.6 Å². The molecule has 0 saturated heterocycles. The van der Waals surface area contributed by atoms with E-state index in [0.29, 0.717) is 12.4 Å². The Morgan fingerprint density at radius 3 is 2.58 bits per heavy atom. The highest BCUT2D eigenvalue weighted by atomic mass is 16.5. The van der Waals surface area contributed by atoms with Gasteiger partial charge in [0.25, 0.3) is 5.91 Å². The molecule has 0 bridgehead atoms. The predicted octanol–water partition coefficient (Wildman–Crippen LogP) is 3.08. The van der Waals surface area contributed by atoms with Gasteiger partial charge in [-0.05, 0) is 51.5 Å². The Labute approximate surface area is 180 Å². The molecule has 31 heavy (non-hydrogen) atoms. The molecule has 0 saturated carbocycles. The molecule has 1 aromatic carbocycles. The summed E-state index contributed by atoms with van der Waals surface area (Å²) in [6.07, 6.45) is 0. The van der Waals surface area contributed by atoms with Crippen LogP contribution in [0.2, 0.25) is 0 Å². The van der Waals surface area contributed by atoms with Gasteiger partial charge in [0.2, 0.25) is 5.88 Å². The van der Waals surface area contributed by atoms with Crippen LogP contribution in [0, 0.1) is 27.7 Å². The van der Waals surface area contributed by atoms with Crippen molar-refractivity contribution in [1.82, 2.24) is 29.9 Å². The van der Waals surface area contributed by atoms with E-state index < -0.39 is 0 Å². The lowest BCUT2D eigenvalue weighted by atomic mass is 10.2. The molecule has 4 rings (SSSR count). The Bertz CT molecular complexity index is 1260. The zero-order chi connectivity index (χ0) is 22.1. The number of aromatic nitrogens is 5. The standard InChI is InChI=1S/C23H26N6O2/c1-14-11-15(2)25-22-21(14)23(27-28(22)5)31-13-20(30)24-12-19-16(3)26-29(17(19)4)18-9-7-6-8-10-18/h6-11H,12-13H2,1-5H3,(H,24,30). The van der Waals surface area contributed by atoms with Crippen molar-refractivity contribution in [2.45, 2.75) is 34.2 Å². The number of pyridine rings is 1. The van der Waals surface area contributed by atoms with Gasteiger partial charge in [-0.2, -0.15) is 5.10 Å². The van der Waals surface area contributed by atoms with E-state index in [9.17, 15) is 4.79 Å². The Hall–Kier alpha value is -3.68. The zero-order valence-corrected chi connectivity index (χ0v) is 18.4. The van der Waals surface area contributed by atoms with Crippen LogP contribution in [0.15, 0.2) is 36.4 Å². The zero-order valence-electron chi connectivity index (χ0n) is 18.4. The SMILES string of the molecule is Cc1cc(C)c2c(OCC(=O)NCc3c(C)nn(-c4ccccc4)c3C)nn(C)c2n1. The lowest BCUT2D eigenvalue weighted by Gasteiger charge is -2.08. The van der Waals surface area contributed by atoms with Gasteiger partial charge in [0.05, 0.1) is 16.8 Å². The quantitative estimate of drug-likeness (QED) is 0.520. The van der Waals surface area contributed by atoms with Crippen LogP contribution in [0.25, 0.3) is 16.7 Å². The smallest absolute Gasteiger partial charge is 0.258 e. The second-order valence-electron chi connectivity index (χ2n) is 7.67. The number of ether oxygens (including phenoxy) is 1. The maximum absolute atomic E-state index is 12.5. The van der Waals surface area contributed by atoms with Crippen molar-refractivity contribution in [2.75, 3.05) is 6.61 Å². The molecule has 0 aliphatic rings. The summed E-state index contributed by atoms with van der Waals surface area (Å²) < 4.78 is 9.31. The summed E-state index contributed by atoms with van der Waals surface area (Å²) in [5, 5.41) is 12.8. The number of benzene rings is 1. The average molecular weight is 419 g/mol. The third-order valence-electron chi connectivity index (χ3n) is 5.33. The van der Waals surface area contributed by atoms with Crippen molar-refractivity contribution in [3.05, 3.63) is 64.6 Å². The van der Waals surface area contributed by atoms with Gasteiger partial charge < -0.3 is 10.1 Å². The molecule has 0 spiro atoms. The summed E-state index contributed by atoms with van der Waals surface area (Å²) in [4.78, 5) is 17.0. The summed E-state index contributed by atoms with van der Waals surface area (Å²) in [6.45, 7) is 8.14. The van der Waals surface area contributed by atoms with Crippen LogP contribution < -0.4 is 10.1 Å². The minimum atomic E-state index is -0.220. The fourth-order valence-electron chi connectivity index (χ4n) is 3.77. The summed E-state index contributed by atoms with van der Waals surface area (Å²) in [7, 11) is 1.82. The number of carbonyl (C=O) groups is 1. The minimum Gasteiger partial charge on any atom is -0.466 e. The first-order valence-corrected chi connectivity index (χ1v) is 10.2. The van der Waals surface area contributed by atoms with E-state index >= 15 is 0 Å². The van der Waals surface area contributed by atoms with Crippen LogP contribution in [0.5, 0.6) is 5.88 Å². The number of rotatable bonds is 6.